The Kier molecular flexibility index (Phi) is 5.94. The van der Waals surface area contributed by atoms with Gasteiger partial charge >= 0.3 is 0 Å². The van der Waals surface area contributed by atoms with Crippen LogP contribution in [0.4, 0.5) is 5.69 Å². The Morgan fingerprint density at radius 1 is 0.500 bits per heavy atom. The van der Waals surface area contributed by atoms with Gasteiger partial charge in [0.2, 0.25) is 0 Å². The predicted molar refractivity (Wildman–Crippen MR) is 200 cm³/mol. The maximum absolute atomic E-state index is 6.87. The van der Waals surface area contributed by atoms with Crippen molar-refractivity contribution in [2.45, 2.75) is 6.04 Å². The Balaban J connectivity index is 1.15. The highest BCUT2D eigenvalue weighted by Crippen LogP contribution is 2.42. The lowest BCUT2D eigenvalue weighted by Crippen LogP contribution is -2.14. The molecule has 0 bridgehead atoms. The molecule has 0 fully saturated rings. The molecule has 0 aliphatic carbocycles. The van der Waals surface area contributed by atoms with Crippen molar-refractivity contribution in [2.24, 2.45) is 0 Å². The van der Waals surface area contributed by atoms with Crippen LogP contribution < -0.4 is 5.32 Å². The second kappa shape index (κ2) is 10.6. The minimum absolute atomic E-state index is 0.0757. The largest absolute Gasteiger partial charge is 0.454 e. The number of anilines is 1. The zero-order valence-electron chi connectivity index (χ0n) is 26.1. The van der Waals surface area contributed by atoms with E-state index in [2.05, 4.69) is 180 Å². The molecule has 7 aromatic carbocycles. The van der Waals surface area contributed by atoms with Gasteiger partial charge in [-0.2, -0.15) is 0 Å². The Labute approximate surface area is 278 Å². The van der Waals surface area contributed by atoms with E-state index in [1.807, 2.05) is 0 Å². The molecule has 226 valence electrons. The summed E-state index contributed by atoms with van der Waals surface area (Å²) in [7, 11) is 0. The van der Waals surface area contributed by atoms with Gasteiger partial charge in [-0.05, 0) is 76.4 Å². The maximum Gasteiger partial charge on any atom is 0.159 e. The summed E-state index contributed by atoms with van der Waals surface area (Å²) < 4.78 is 9.23. The Morgan fingerprint density at radius 3 is 2.12 bits per heavy atom. The molecular weight excluding hydrogens is 585 g/mol. The molecule has 0 saturated carbocycles. The summed E-state index contributed by atoms with van der Waals surface area (Å²) in [5, 5.41) is 8.42. The van der Waals surface area contributed by atoms with Gasteiger partial charge in [0.1, 0.15) is 5.58 Å². The zero-order chi connectivity index (χ0) is 31.6. The molecular formula is C45H30N2O. The average Bonchev–Trinajstić information content (AvgIpc) is 3.70. The third-order valence-corrected chi connectivity index (χ3v) is 9.83. The van der Waals surface area contributed by atoms with Crippen molar-refractivity contribution in [1.82, 2.24) is 4.57 Å². The van der Waals surface area contributed by atoms with Crippen molar-refractivity contribution in [1.29, 1.82) is 0 Å². The van der Waals surface area contributed by atoms with Gasteiger partial charge in [-0.25, -0.2) is 0 Å². The summed E-state index contributed by atoms with van der Waals surface area (Å²) >= 11 is 0. The molecule has 48 heavy (non-hydrogen) atoms. The summed E-state index contributed by atoms with van der Waals surface area (Å²) in [6.45, 7) is 0. The lowest BCUT2D eigenvalue weighted by Gasteiger charge is -2.27. The fourth-order valence-electron chi connectivity index (χ4n) is 7.57. The third kappa shape index (κ3) is 4.14. The molecule has 1 aliphatic rings. The van der Waals surface area contributed by atoms with Gasteiger partial charge in [0.05, 0.1) is 22.8 Å². The summed E-state index contributed by atoms with van der Waals surface area (Å²) in [4.78, 5) is 0. The topological polar surface area (TPSA) is 30.1 Å². The van der Waals surface area contributed by atoms with Crippen LogP contribution in [0.25, 0.3) is 66.1 Å². The van der Waals surface area contributed by atoms with Gasteiger partial charge < -0.3 is 14.3 Å². The van der Waals surface area contributed by atoms with E-state index in [1.165, 1.54) is 38.6 Å². The van der Waals surface area contributed by atoms with Gasteiger partial charge in [0, 0.05) is 32.8 Å². The highest BCUT2D eigenvalue weighted by molar-refractivity contribution is 6.13. The minimum Gasteiger partial charge on any atom is -0.454 e. The molecule has 0 spiro atoms. The van der Waals surface area contributed by atoms with Crippen LogP contribution in [-0.4, -0.2) is 4.57 Å². The Morgan fingerprint density at radius 2 is 1.23 bits per heavy atom. The lowest BCUT2D eigenvalue weighted by molar-refractivity contribution is 0.666. The molecule has 2 aromatic heterocycles. The van der Waals surface area contributed by atoms with E-state index >= 15 is 0 Å². The van der Waals surface area contributed by atoms with E-state index in [0.717, 1.165) is 49.9 Å². The molecule has 0 amide bonds. The van der Waals surface area contributed by atoms with Crippen LogP contribution in [0.15, 0.2) is 174 Å². The van der Waals surface area contributed by atoms with Gasteiger partial charge in [0.15, 0.2) is 5.58 Å². The van der Waals surface area contributed by atoms with E-state index in [-0.39, 0.29) is 6.04 Å². The molecule has 1 atom stereocenters. The first kappa shape index (κ1) is 26.9. The molecule has 3 heterocycles. The number of aromatic nitrogens is 1. The fraction of sp³-hybridized carbons (Fsp3) is 0.0222. The second-order valence-electron chi connectivity index (χ2n) is 12.6. The zero-order valence-corrected chi connectivity index (χ0v) is 26.1. The van der Waals surface area contributed by atoms with Crippen molar-refractivity contribution < 1.29 is 4.42 Å². The van der Waals surface area contributed by atoms with Gasteiger partial charge in [-0.1, -0.05) is 121 Å². The van der Waals surface area contributed by atoms with Crippen molar-refractivity contribution in [3.05, 3.63) is 187 Å². The van der Waals surface area contributed by atoms with Crippen molar-refractivity contribution >= 4 is 55.0 Å². The van der Waals surface area contributed by atoms with E-state index in [1.54, 1.807) is 0 Å². The van der Waals surface area contributed by atoms with Crippen molar-refractivity contribution in [3.8, 4) is 16.8 Å². The van der Waals surface area contributed by atoms with Crippen LogP contribution >= 0.6 is 0 Å². The van der Waals surface area contributed by atoms with Gasteiger partial charge in [0.25, 0.3) is 0 Å². The monoisotopic (exact) mass is 614 g/mol. The number of benzene rings is 7. The first-order valence-corrected chi connectivity index (χ1v) is 16.5. The number of rotatable bonds is 4. The molecule has 9 aromatic rings. The standard InChI is InChI=1S/C45H30N2O/c1-3-12-29(13-4-1)31-23-25-42-38(26-31)34-17-8-10-20-41(34)47(42)43-21-11-18-36-35-24-22-32(27-44(35)48-45(36)43)37-28-40(30-14-5-2-6-15-30)46-39-19-9-7-16-33(37)39/h1-28,40,46H. The molecule has 1 aliphatic heterocycles. The average molecular weight is 615 g/mol. The molecule has 0 radical (unpaired) electrons. The Bertz CT molecular complexity index is 2700. The number of nitrogens with zero attached hydrogens (tertiary/aromatic N) is 1. The number of nitrogens with one attached hydrogen (secondary N) is 1. The summed E-state index contributed by atoms with van der Waals surface area (Å²) in [6.07, 6.45) is 2.34. The van der Waals surface area contributed by atoms with Crippen LogP contribution in [0, 0.1) is 0 Å². The molecule has 3 heteroatoms. The fourth-order valence-corrected chi connectivity index (χ4v) is 7.57. The highest BCUT2D eigenvalue weighted by Gasteiger charge is 2.23. The van der Waals surface area contributed by atoms with E-state index < -0.39 is 0 Å². The van der Waals surface area contributed by atoms with Crippen LogP contribution in [-0.2, 0) is 0 Å². The van der Waals surface area contributed by atoms with Crippen LogP contribution in [0.5, 0.6) is 0 Å². The highest BCUT2D eigenvalue weighted by atomic mass is 16.3. The summed E-state index contributed by atoms with van der Waals surface area (Å²) in [6, 6.07) is 58.5. The van der Waals surface area contributed by atoms with Gasteiger partial charge in [-0.3, -0.25) is 0 Å². The first-order chi connectivity index (χ1) is 23.8. The van der Waals surface area contributed by atoms with E-state index in [4.69, 9.17) is 4.42 Å². The lowest BCUT2D eigenvalue weighted by atomic mass is 9.89. The number of para-hydroxylation sites is 3. The second-order valence-corrected chi connectivity index (χ2v) is 12.6. The third-order valence-electron chi connectivity index (χ3n) is 9.83. The number of hydrogen-bond donors (Lipinski definition) is 1. The normalized spacial score (nSPS) is 14.3. The molecule has 10 rings (SSSR count). The van der Waals surface area contributed by atoms with Crippen LogP contribution in [0.3, 0.4) is 0 Å². The van der Waals surface area contributed by atoms with Crippen molar-refractivity contribution in [3.63, 3.8) is 0 Å². The SMILES string of the molecule is C1=C(c2ccc3c(c2)oc2c(-n4c5ccccc5c5cc(-c6ccccc6)ccc54)cccc23)c2ccccc2NC1c1ccccc1. The maximum atomic E-state index is 6.87. The predicted octanol–water partition coefficient (Wildman–Crippen LogP) is 11.9. The number of fused-ring (bicyclic) bond motifs is 7. The first-order valence-electron chi connectivity index (χ1n) is 16.5. The van der Waals surface area contributed by atoms with Crippen LogP contribution in [0.1, 0.15) is 22.7 Å². The molecule has 1 N–H and O–H groups in total. The smallest absolute Gasteiger partial charge is 0.159 e. The Hall–Kier alpha value is -6.32. The molecule has 3 nitrogen and oxygen atoms in total. The summed E-state index contributed by atoms with van der Waals surface area (Å²) in [5.74, 6) is 0. The van der Waals surface area contributed by atoms with E-state index in [0.29, 0.717) is 0 Å². The number of hydrogen-bond acceptors (Lipinski definition) is 2. The number of furan rings is 1. The van der Waals surface area contributed by atoms with Crippen molar-refractivity contribution in [2.75, 3.05) is 5.32 Å². The molecule has 1 unspecified atom stereocenters. The van der Waals surface area contributed by atoms with Gasteiger partial charge in [-0.15, -0.1) is 0 Å². The molecule has 0 saturated heterocycles. The quantitative estimate of drug-likeness (QED) is 0.214. The minimum atomic E-state index is 0.0757. The van der Waals surface area contributed by atoms with Crippen LogP contribution in [0.2, 0.25) is 0 Å². The van der Waals surface area contributed by atoms with E-state index in [9.17, 15) is 0 Å². The summed E-state index contributed by atoms with van der Waals surface area (Å²) in [5.41, 5.74) is 13.5.